The van der Waals surface area contributed by atoms with Crippen molar-refractivity contribution in [1.29, 1.82) is 0 Å². The molecule has 1 aromatic carbocycles. The van der Waals surface area contributed by atoms with E-state index in [0.29, 0.717) is 37.7 Å². The summed E-state index contributed by atoms with van der Waals surface area (Å²) in [6.45, 7) is 4.11. The van der Waals surface area contributed by atoms with Crippen LogP contribution < -0.4 is 16.0 Å². The third kappa shape index (κ3) is 4.95. The molecule has 1 aliphatic rings. The number of aromatic nitrogens is 3. The van der Waals surface area contributed by atoms with Crippen molar-refractivity contribution in [2.45, 2.75) is 6.92 Å². The van der Waals surface area contributed by atoms with Gasteiger partial charge in [-0.2, -0.15) is 0 Å². The molecule has 4 rings (SSSR count). The fourth-order valence-corrected chi connectivity index (χ4v) is 3.24. The molecule has 0 saturated carbocycles. The lowest BCUT2D eigenvalue weighted by molar-refractivity contribution is 0.0950. The van der Waals surface area contributed by atoms with Crippen molar-refractivity contribution < 1.29 is 9.59 Å². The van der Waals surface area contributed by atoms with Crippen molar-refractivity contribution in [2.24, 2.45) is 0 Å². The maximum absolute atomic E-state index is 12.6. The minimum Gasteiger partial charge on any atom is -0.350 e. The highest BCUT2D eigenvalue weighted by atomic mass is 16.2. The second-order valence-corrected chi connectivity index (χ2v) is 7.14. The molecule has 31 heavy (non-hydrogen) atoms. The van der Waals surface area contributed by atoms with Crippen LogP contribution >= 0.6 is 0 Å². The summed E-state index contributed by atoms with van der Waals surface area (Å²) >= 11 is 0. The van der Waals surface area contributed by atoms with Crippen molar-refractivity contribution in [3.8, 4) is 11.3 Å². The highest BCUT2D eigenvalue weighted by molar-refractivity contribution is 5.95. The monoisotopic (exact) mass is 417 g/mol. The molecule has 3 heterocycles. The second-order valence-electron chi connectivity index (χ2n) is 7.14. The first-order chi connectivity index (χ1) is 15.1. The van der Waals surface area contributed by atoms with Crippen LogP contribution in [0.5, 0.6) is 0 Å². The summed E-state index contributed by atoms with van der Waals surface area (Å²) in [5, 5.41) is 8.80. The van der Waals surface area contributed by atoms with Crippen molar-refractivity contribution in [1.82, 2.24) is 30.5 Å². The van der Waals surface area contributed by atoms with Gasteiger partial charge in [-0.25, -0.2) is 14.8 Å². The Morgan fingerprint density at radius 2 is 2.13 bits per heavy atom. The van der Waals surface area contributed by atoms with Gasteiger partial charge in [-0.1, -0.05) is 6.07 Å². The van der Waals surface area contributed by atoms with Crippen LogP contribution in [0.2, 0.25) is 0 Å². The van der Waals surface area contributed by atoms with E-state index in [4.69, 9.17) is 0 Å². The molecular weight excluding hydrogens is 394 g/mol. The molecule has 9 nitrogen and oxygen atoms in total. The van der Waals surface area contributed by atoms with Gasteiger partial charge in [0.2, 0.25) is 5.95 Å². The van der Waals surface area contributed by atoms with Crippen molar-refractivity contribution in [3.05, 3.63) is 66.1 Å². The highest BCUT2D eigenvalue weighted by Crippen LogP contribution is 2.22. The van der Waals surface area contributed by atoms with Crippen LogP contribution in [0.25, 0.3) is 11.3 Å². The summed E-state index contributed by atoms with van der Waals surface area (Å²) in [5.41, 5.74) is 3.87. The van der Waals surface area contributed by atoms with E-state index in [1.165, 1.54) is 0 Å². The van der Waals surface area contributed by atoms with Gasteiger partial charge < -0.3 is 20.9 Å². The van der Waals surface area contributed by atoms with E-state index >= 15 is 0 Å². The molecule has 0 bridgehead atoms. The Hall–Kier alpha value is -4.01. The molecule has 158 valence electrons. The smallest absolute Gasteiger partial charge is 0.317 e. The van der Waals surface area contributed by atoms with Crippen LogP contribution in [0.15, 0.2) is 55.0 Å². The number of anilines is 2. The Bertz CT molecular complexity index is 1090. The van der Waals surface area contributed by atoms with Crippen molar-refractivity contribution >= 4 is 23.6 Å². The van der Waals surface area contributed by atoms with E-state index in [9.17, 15) is 9.59 Å². The van der Waals surface area contributed by atoms with E-state index in [1.807, 2.05) is 31.2 Å². The number of pyridine rings is 1. The van der Waals surface area contributed by atoms with Gasteiger partial charge in [0.25, 0.3) is 5.91 Å². The number of aryl methyl sites for hydroxylation is 1. The van der Waals surface area contributed by atoms with Gasteiger partial charge in [-0.15, -0.1) is 0 Å². The fraction of sp³-hybridized carbons (Fsp3) is 0.227. The van der Waals surface area contributed by atoms with Crippen LogP contribution in [-0.2, 0) is 0 Å². The number of nitrogens with one attached hydrogen (secondary N) is 3. The zero-order valence-corrected chi connectivity index (χ0v) is 17.1. The predicted octanol–water partition coefficient (Wildman–Crippen LogP) is 2.35. The molecule has 2 aromatic heterocycles. The predicted molar refractivity (Wildman–Crippen MR) is 117 cm³/mol. The lowest BCUT2D eigenvalue weighted by Gasteiger charge is -2.15. The van der Waals surface area contributed by atoms with Gasteiger partial charge >= 0.3 is 6.03 Å². The first-order valence-electron chi connectivity index (χ1n) is 10.0. The average molecular weight is 417 g/mol. The van der Waals surface area contributed by atoms with E-state index in [1.54, 1.807) is 35.6 Å². The SMILES string of the molecule is Cc1ccc(C(=O)NCCN2CCNC2=O)cc1Nc1nccc(-c2cccnc2)n1. The van der Waals surface area contributed by atoms with Crippen molar-refractivity contribution in [3.63, 3.8) is 0 Å². The largest absolute Gasteiger partial charge is 0.350 e. The zero-order chi connectivity index (χ0) is 21.6. The third-order valence-electron chi connectivity index (χ3n) is 4.97. The topological polar surface area (TPSA) is 112 Å². The number of carbonyl (C=O) groups is 2. The number of hydrogen-bond donors (Lipinski definition) is 3. The standard InChI is InChI=1S/C22H23N7O2/c1-15-4-5-16(20(30)24-9-11-29-12-10-26-22(29)31)13-19(15)28-21-25-8-6-18(27-21)17-3-2-7-23-14-17/h2-8,13-14H,9-12H2,1H3,(H,24,30)(H,26,31)(H,25,27,28). The Morgan fingerprint density at radius 1 is 1.23 bits per heavy atom. The van der Waals surface area contributed by atoms with E-state index < -0.39 is 0 Å². The summed E-state index contributed by atoms with van der Waals surface area (Å²) < 4.78 is 0. The summed E-state index contributed by atoms with van der Waals surface area (Å²) in [7, 11) is 0. The molecule has 0 aliphatic carbocycles. The highest BCUT2D eigenvalue weighted by Gasteiger charge is 2.19. The molecule has 1 saturated heterocycles. The van der Waals surface area contributed by atoms with Crippen LogP contribution in [0.4, 0.5) is 16.4 Å². The van der Waals surface area contributed by atoms with Crippen LogP contribution in [-0.4, -0.2) is 58.0 Å². The summed E-state index contributed by atoms with van der Waals surface area (Å²) in [5.74, 6) is 0.231. The normalized spacial score (nSPS) is 13.1. The molecule has 3 amide bonds. The Morgan fingerprint density at radius 3 is 2.90 bits per heavy atom. The molecule has 3 N–H and O–H groups in total. The number of benzene rings is 1. The first kappa shape index (κ1) is 20.3. The molecule has 1 aliphatic heterocycles. The van der Waals surface area contributed by atoms with Gasteiger partial charge in [0, 0.05) is 61.6 Å². The molecule has 0 spiro atoms. The first-order valence-corrected chi connectivity index (χ1v) is 10.0. The van der Waals surface area contributed by atoms with Crippen LogP contribution in [0.1, 0.15) is 15.9 Å². The maximum atomic E-state index is 12.6. The number of nitrogens with zero attached hydrogens (tertiary/aromatic N) is 4. The summed E-state index contributed by atoms with van der Waals surface area (Å²) in [6, 6.07) is 10.9. The minimum atomic E-state index is -0.201. The molecular formula is C22H23N7O2. The van der Waals surface area contributed by atoms with E-state index in [-0.39, 0.29) is 11.9 Å². The Kier molecular flexibility index (Phi) is 6.02. The van der Waals surface area contributed by atoms with Crippen LogP contribution in [0.3, 0.4) is 0 Å². The van der Waals surface area contributed by atoms with E-state index in [2.05, 4.69) is 30.9 Å². The van der Waals surface area contributed by atoms with Gasteiger partial charge in [0.1, 0.15) is 0 Å². The lowest BCUT2D eigenvalue weighted by atomic mass is 10.1. The molecule has 0 radical (unpaired) electrons. The number of rotatable bonds is 7. The molecule has 3 aromatic rings. The number of urea groups is 1. The molecule has 0 atom stereocenters. The number of amides is 3. The lowest BCUT2D eigenvalue weighted by Crippen LogP contribution is -2.36. The quantitative estimate of drug-likeness (QED) is 0.544. The molecule has 0 unspecified atom stereocenters. The summed E-state index contributed by atoms with van der Waals surface area (Å²) in [4.78, 5) is 38.8. The van der Waals surface area contributed by atoms with Crippen LogP contribution in [0, 0.1) is 6.92 Å². The van der Waals surface area contributed by atoms with E-state index in [0.717, 1.165) is 22.5 Å². The fourth-order valence-electron chi connectivity index (χ4n) is 3.24. The summed E-state index contributed by atoms with van der Waals surface area (Å²) in [6.07, 6.45) is 5.13. The van der Waals surface area contributed by atoms with Crippen molar-refractivity contribution in [2.75, 3.05) is 31.5 Å². The molecule has 9 heteroatoms. The molecule has 1 fully saturated rings. The number of hydrogen-bond acceptors (Lipinski definition) is 6. The maximum Gasteiger partial charge on any atom is 0.317 e. The third-order valence-corrected chi connectivity index (χ3v) is 4.97. The number of carbonyl (C=O) groups excluding carboxylic acids is 2. The Labute approximate surface area is 179 Å². The Balaban J connectivity index is 1.43. The van der Waals surface area contributed by atoms with Gasteiger partial charge in [0.15, 0.2) is 0 Å². The zero-order valence-electron chi connectivity index (χ0n) is 17.1. The average Bonchev–Trinajstić information content (AvgIpc) is 3.20. The van der Waals surface area contributed by atoms with Gasteiger partial charge in [-0.3, -0.25) is 9.78 Å². The van der Waals surface area contributed by atoms with Gasteiger partial charge in [-0.05, 0) is 42.8 Å². The second kappa shape index (κ2) is 9.21. The minimum absolute atomic E-state index is 0.0930. The van der Waals surface area contributed by atoms with Gasteiger partial charge in [0.05, 0.1) is 5.69 Å².